The fourth-order valence-electron chi connectivity index (χ4n) is 7.79. The number of hydrogen-bond acceptors (Lipinski definition) is 26. The van der Waals surface area contributed by atoms with E-state index in [4.69, 9.17) is 47.0 Å². The molecular weight excluding hydrogens is 944 g/mol. The smallest absolute Gasteiger partial charge is 0.331 e. The van der Waals surface area contributed by atoms with E-state index < -0.39 is 163 Å². The SMILES string of the molecule is COc1cc(/C=C\C(=O)O[C@H]2[C@H](O[C@H]3[C@H](Oc4c(-c5ccc(O)c(O)c5)oc5cc(O[C@@H]6O[C@H](CO)[C@@H](O)[C@H](O)[C@H]6O)cc(O)c5c4=O)O[C@H](CO)[C@@H](O)[C@@H]3O)O[C@H](CO)[C@@H](O)[C@@H]2O)cc(OC)c1O. The second-order valence-corrected chi connectivity index (χ2v) is 16.1. The van der Waals surface area contributed by atoms with Crippen LogP contribution < -0.4 is 24.4 Å². The van der Waals surface area contributed by atoms with Crippen LogP contribution in [0.2, 0.25) is 0 Å². The molecule has 3 fully saturated rings. The summed E-state index contributed by atoms with van der Waals surface area (Å²) in [4.78, 5) is 27.8. The summed E-state index contributed by atoms with van der Waals surface area (Å²) in [5.41, 5.74) is -1.66. The molecule has 0 unspecified atom stereocenters. The topological polar surface area (TPSA) is 414 Å². The fraction of sp³-hybridized carbons (Fsp3) is 0.455. The molecule has 3 aliphatic rings. The molecule has 3 aromatic carbocycles. The summed E-state index contributed by atoms with van der Waals surface area (Å²) in [6, 6.07) is 7.61. The first kappa shape index (κ1) is 51.8. The predicted octanol–water partition coefficient (Wildman–Crippen LogP) is -3.25. The third kappa shape index (κ3) is 10.2. The number of ether oxygens (including phenoxy) is 9. The molecule has 0 radical (unpaired) electrons. The van der Waals surface area contributed by atoms with Gasteiger partial charge in [-0.25, -0.2) is 4.79 Å². The molecule has 382 valence electrons. The van der Waals surface area contributed by atoms with Gasteiger partial charge in [0.2, 0.25) is 29.5 Å². The maximum absolute atomic E-state index is 14.6. The van der Waals surface area contributed by atoms with Crippen LogP contribution in [0.15, 0.2) is 57.8 Å². The summed E-state index contributed by atoms with van der Waals surface area (Å²) >= 11 is 0. The molecule has 0 spiro atoms. The molecule has 26 heteroatoms. The second-order valence-electron chi connectivity index (χ2n) is 16.1. The average molecular weight is 995 g/mol. The van der Waals surface area contributed by atoms with Crippen molar-refractivity contribution in [2.45, 2.75) is 92.1 Å². The molecule has 7 rings (SSSR count). The van der Waals surface area contributed by atoms with Gasteiger partial charge in [0.05, 0.1) is 34.0 Å². The van der Waals surface area contributed by atoms with E-state index in [9.17, 15) is 81.1 Å². The lowest BCUT2D eigenvalue weighted by atomic mass is 9.97. The summed E-state index contributed by atoms with van der Waals surface area (Å²) in [6.07, 6.45) is -26.5. The van der Waals surface area contributed by atoms with Crippen LogP contribution in [-0.4, -0.2) is 204 Å². The van der Waals surface area contributed by atoms with E-state index in [1.807, 2.05) is 0 Å². The van der Waals surface area contributed by atoms with Crippen molar-refractivity contribution in [1.29, 1.82) is 0 Å². The predicted molar refractivity (Wildman–Crippen MR) is 228 cm³/mol. The average Bonchev–Trinajstić information content (AvgIpc) is 3.34. The Labute approximate surface area is 393 Å². The molecule has 0 saturated carbocycles. The van der Waals surface area contributed by atoms with Crippen LogP contribution in [0.25, 0.3) is 28.4 Å². The van der Waals surface area contributed by atoms with Crippen molar-refractivity contribution in [3.63, 3.8) is 0 Å². The minimum Gasteiger partial charge on any atom is -0.507 e. The molecule has 0 bridgehead atoms. The number of aromatic hydroxyl groups is 4. The van der Waals surface area contributed by atoms with Gasteiger partial charge in [0.1, 0.15) is 83.5 Å². The number of fused-ring (bicyclic) bond motifs is 1. The Kier molecular flexibility index (Phi) is 15.9. The number of carbonyl (C=O) groups is 1. The Hall–Kier alpha value is -6.08. The van der Waals surface area contributed by atoms with Crippen molar-refractivity contribution >= 4 is 23.0 Å². The first-order valence-electron chi connectivity index (χ1n) is 21.1. The molecule has 3 saturated heterocycles. The molecule has 70 heavy (non-hydrogen) atoms. The number of benzene rings is 3. The van der Waals surface area contributed by atoms with Gasteiger partial charge < -0.3 is 119 Å². The third-order valence-electron chi connectivity index (χ3n) is 11.6. The minimum atomic E-state index is -2.17. The van der Waals surface area contributed by atoms with Crippen molar-refractivity contribution in [1.82, 2.24) is 0 Å². The quantitative estimate of drug-likeness (QED) is 0.0316. The van der Waals surface area contributed by atoms with E-state index in [1.165, 1.54) is 32.4 Å². The van der Waals surface area contributed by atoms with Gasteiger partial charge in [-0.3, -0.25) is 4.79 Å². The van der Waals surface area contributed by atoms with E-state index in [1.54, 1.807) is 0 Å². The van der Waals surface area contributed by atoms with Gasteiger partial charge in [0.25, 0.3) is 0 Å². The molecule has 1 aromatic heterocycles. The van der Waals surface area contributed by atoms with Crippen molar-refractivity contribution in [2.75, 3.05) is 34.0 Å². The number of rotatable bonds is 15. The van der Waals surface area contributed by atoms with Gasteiger partial charge in [0, 0.05) is 23.8 Å². The minimum absolute atomic E-state index is 0.0220. The fourth-order valence-corrected chi connectivity index (χ4v) is 7.79. The maximum atomic E-state index is 14.6. The third-order valence-corrected chi connectivity index (χ3v) is 11.6. The molecular formula is C44H50O26. The van der Waals surface area contributed by atoms with Crippen LogP contribution in [0, 0.1) is 0 Å². The van der Waals surface area contributed by atoms with E-state index in [2.05, 4.69) is 0 Å². The van der Waals surface area contributed by atoms with E-state index in [0.717, 1.165) is 36.4 Å². The Bertz CT molecular complexity index is 2560. The molecule has 0 amide bonds. The Morgan fingerprint density at radius 2 is 1.20 bits per heavy atom. The summed E-state index contributed by atoms with van der Waals surface area (Å²) in [5.74, 6) is -5.68. The number of hydrogen-bond donors (Lipinski definition) is 14. The van der Waals surface area contributed by atoms with Gasteiger partial charge in [-0.2, -0.15) is 0 Å². The highest BCUT2D eigenvalue weighted by Gasteiger charge is 2.53. The summed E-state index contributed by atoms with van der Waals surface area (Å²) in [7, 11) is 2.54. The largest absolute Gasteiger partial charge is 0.507 e. The molecule has 4 aromatic rings. The van der Waals surface area contributed by atoms with Crippen molar-refractivity contribution < 1.29 is 123 Å². The van der Waals surface area contributed by atoms with Crippen molar-refractivity contribution in [3.8, 4) is 57.3 Å². The Balaban J connectivity index is 1.26. The summed E-state index contributed by atoms with van der Waals surface area (Å²) < 4.78 is 56.2. The highest BCUT2D eigenvalue weighted by atomic mass is 16.8. The summed E-state index contributed by atoms with van der Waals surface area (Å²) in [5, 5.41) is 147. The van der Waals surface area contributed by atoms with Crippen LogP contribution in [-0.2, 0) is 28.5 Å². The van der Waals surface area contributed by atoms with Crippen molar-refractivity contribution in [2.24, 2.45) is 0 Å². The van der Waals surface area contributed by atoms with Gasteiger partial charge in [0.15, 0.2) is 47.3 Å². The van der Waals surface area contributed by atoms with Crippen molar-refractivity contribution in [3.05, 3.63) is 64.3 Å². The molecule has 3 aliphatic heterocycles. The highest BCUT2D eigenvalue weighted by molar-refractivity contribution is 5.89. The zero-order valence-electron chi connectivity index (χ0n) is 36.6. The van der Waals surface area contributed by atoms with Gasteiger partial charge >= 0.3 is 5.97 Å². The number of aliphatic hydroxyl groups is 10. The number of phenols is 4. The van der Waals surface area contributed by atoms with Crippen LogP contribution in [0.1, 0.15) is 5.56 Å². The molecule has 26 nitrogen and oxygen atoms in total. The Morgan fingerprint density at radius 1 is 0.629 bits per heavy atom. The maximum Gasteiger partial charge on any atom is 0.331 e. The van der Waals surface area contributed by atoms with Crippen LogP contribution in [0.5, 0.6) is 46.0 Å². The summed E-state index contributed by atoms with van der Waals surface area (Å²) in [6.45, 7) is -2.75. The highest BCUT2D eigenvalue weighted by Crippen LogP contribution is 2.42. The zero-order chi connectivity index (χ0) is 50.9. The first-order chi connectivity index (χ1) is 33.3. The standard InChI is InChI=1S/C44H50O26/c1-61-22-7-15(8-23(62-2)29(22)52)3-6-27(51)68-40-35(58)31(54)25(13-46)66-43(40)70-41-36(59)32(55)26(14-47)67-44(41)69-39-33(56)28-20(50)10-17(63-42-37(60)34(57)30(53)24(12-45)65-42)11-21(28)64-38(39)16-4-5-18(48)19(49)9-16/h3-11,24-26,30-32,34-37,40-50,52-55,57-60H,12-14H2,1-2H3/b6-3-/t24-,25-,26-,30-,31-,32-,34+,35+,36+,37-,40-,41-,42-,43+,44+/m1/s1. The van der Waals surface area contributed by atoms with E-state index >= 15 is 0 Å². The Morgan fingerprint density at radius 3 is 1.79 bits per heavy atom. The monoisotopic (exact) mass is 994 g/mol. The normalized spacial score (nSPS) is 31.3. The second kappa shape index (κ2) is 21.5. The van der Waals surface area contributed by atoms with Gasteiger partial charge in [-0.15, -0.1) is 0 Å². The molecule has 15 atom stereocenters. The molecule has 14 N–H and O–H groups in total. The first-order valence-corrected chi connectivity index (χ1v) is 21.1. The van der Waals surface area contributed by atoms with Crippen LogP contribution >= 0.6 is 0 Å². The lowest BCUT2D eigenvalue weighted by Gasteiger charge is -2.46. The van der Waals surface area contributed by atoms with Gasteiger partial charge in [-0.05, 0) is 42.0 Å². The van der Waals surface area contributed by atoms with Crippen LogP contribution in [0.3, 0.4) is 0 Å². The van der Waals surface area contributed by atoms with Gasteiger partial charge in [-0.1, -0.05) is 0 Å². The zero-order valence-corrected chi connectivity index (χ0v) is 36.6. The number of aliphatic hydroxyl groups excluding tert-OH is 10. The number of esters is 1. The molecule has 4 heterocycles. The molecule has 0 aliphatic carbocycles. The number of carbonyl (C=O) groups excluding carboxylic acids is 1. The number of phenolic OH excluding ortho intramolecular Hbond substituents is 4. The van der Waals surface area contributed by atoms with E-state index in [0.29, 0.717) is 0 Å². The van der Waals surface area contributed by atoms with Crippen LogP contribution in [0.4, 0.5) is 0 Å². The van der Waals surface area contributed by atoms with E-state index in [-0.39, 0.29) is 34.1 Å². The lowest BCUT2D eigenvalue weighted by Crippen LogP contribution is -2.65. The lowest BCUT2D eigenvalue weighted by molar-refractivity contribution is -0.358. The number of methoxy groups -OCH3 is 2.